The maximum atomic E-state index is 12.3. The average molecular weight is 346 g/mol. The summed E-state index contributed by atoms with van der Waals surface area (Å²) in [5.74, 6) is 0. The molecule has 0 aliphatic heterocycles. The smallest absolute Gasteiger partial charge is 0.244 e. The van der Waals surface area contributed by atoms with Crippen LogP contribution in [0.4, 0.5) is 5.69 Å². The van der Waals surface area contributed by atoms with Crippen molar-refractivity contribution in [3.63, 3.8) is 0 Å². The van der Waals surface area contributed by atoms with Gasteiger partial charge in [0, 0.05) is 24.0 Å². The summed E-state index contributed by atoms with van der Waals surface area (Å²) < 4.78 is 27.1. The zero-order valence-corrected chi connectivity index (χ0v) is 13.4. The van der Waals surface area contributed by atoms with Crippen LogP contribution in [-0.4, -0.2) is 13.4 Å². The lowest BCUT2D eigenvalue weighted by molar-refractivity contribution is 0.581. The molecule has 0 amide bonds. The SMILES string of the molecule is Cc1cnccc1CNS(=O)(=O)c1c(N)cc(Cl)cc1Cl. The Kier molecular flexibility index (Phi) is 4.73. The summed E-state index contributed by atoms with van der Waals surface area (Å²) in [6.45, 7) is 1.97. The van der Waals surface area contributed by atoms with Crippen LogP contribution in [0.3, 0.4) is 0 Å². The fourth-order valence-electron chi connectivity index (χ4n) is 1.81. The molecule has 0 saturated carbocycles. The highest BCUT2D eigenvalue weighted by Gasteiger charge is 2.22. The number of benzene rings is 1. The topological polar surface area (TPSA) is 85.1 Å². The van der Waals surface area contributed by atoms with Crippen molar-refractivity contribution in [3.8, 4) is 0 Å². The molecular formula is C13H13Cl2N3O2S. The molecule has 0 spiro atoms. The molecule has 2 rings (SSSR count). The van der Waals surface area contributed by atoms with Crippen molar-refractivity contribution in [2.75, 3.05) is 5.73 Å². The summed E-state index contributed by atoms with van der Waals surface area (Å²) in [7, 11) is -3.84. The molecule has 5 nitrogen and oxygen atoms in total. The number of aryl methyl sites for hydroxylation is 1. The third kappa shape index (κ3) is 3.65. The predicted octanol–water partition coefficient (Wildman–Crippen LogP) is 2.76. The minimum absolute atomic E-state index is 0.00597. The molecular weight excluding hydrogens is 333 g/mol. The maximum absolute atomic E-state index is 12.3. The summed E-state index contributed by atoms with van der Waals surface area (Å²) in [6.07, 6.45) is 3.26. The first-order valence-electron chi connectivity index (χ1n) is 5.95. The zero-order valence-electron chi connectivity index (χ0n) is 11.1. The lowest BCUT2D eigenvalue weighted by Crippen LogP contribution is -2.25. The van der Waals surface area contributed by atoms with E-state index < -0.39 is 10.0 Å². The number of sulfonamides is 1. The van der Waals surface area contributed by atoms with E-state index >= 15 is 0 Å². The summed E-state index contributed by atoms with van der Waals surface area (Å²) in [6, 6.07) is 4.43. The molecule has 1 aromatic carbocycles. The van der Waals surface area contributed by atoms with Gasteiger partial charge in [0.2, 0.25) is 10.0 Å². The van der Waals surface area contributed by atoms with Crippen molar-refractivity contribution < 1.29 is 8.42 Å². The Morgan fingerprint density at radius 2 is 2.05 bits per heavy atom. The highest BCUT2D eigenvalue weighted by molar-refractivity contribution is 7.89. The number of nitrogens with two attached hydrogens (primary N) is 1. The van der Waals surface area contributed by atoms with Gasteiger partial charge in [-0.25, -0.2) is 13.1 Å². The van der Waals surface area contributed by atoms with Crippen molar-refractivity contribution >= 4 is 38.9 Å². The monoisotopic (exact) mass is 345 g/mol. The summed E-state index contributed by atoms with van der Waals surface area (Å²) >= 11 is 11.7. The number of nitrogens with zero attached hydrogens (tertiary/aromatic N) is 1. The molecule has 2 aromatic rings. The van der Waals surface area contributed by atoms with Crippen LogP contribution in [0.25, 0.3) is 0 Å². The number of nitrogens with one attached hydrogen (secondary N) is 1. The fraction of sp³-hybridized carbons (Fsp3) is 0.154. The first-order valence-corrected chi connectivity index (χ1v) is 8.19. The largest absolute Gasteiger partial charge is 0.398 e. The highest BCUT2D eigenvalue weighted by Crippen LogP contribution is 2.31. The first-order chi connectivity index (χ1) is 9.81. The Bertz CT molecular complexity index is 756. The van der Waals surface area contributed by atoms with Crippen molar-refractivity contribution in [1.29, 1.82) is 0 Å². The molecule has 0 radical (unpaired) electrons. The van der Waals surface area contributed by atoms with E-state index in [-0.39, 0.29) is 27.2 Å². The van der Waals surface area contributed by atoms with Crippen LogP contribution in [0.2, 0.25) is 10.0 Å². The van der Waals surface area contributed by atoms with E-state index in [2.05, 4.69) is 9.71 Å². The van der Waals surface area contributed by atoms with Crippen LogP contribution < -0.4 is 10.5 Å². The van der Waals surface area contributed by atoms with E-state index in [1.807, 2.05) is 6.92 Å². The van der Waals surface area contributed by atoms with E-state index in [0.717, 1.165) is 11.1 Å². The van der Waals surface area contributed by atoms with Crippen molar-refractivity contribution in [3.05, 3.63) is 51.8 Å². The van der Waals surface area contributed by atoms with Crippen LogP contribution in [-0.2, 0) is 16.6 Å². The van der Waals surface area contributed by atoms with Gasteiger partial charge in [-0.15, -0.1) is 0 Å². The molecule has 0 aliphatic rings. The van der Waals surface area contributed by atoms with Crippen molar-refractivity contribution in [1.82, 2.24) is 9.71 Å². The van der Waals surface area contributed by atoms with E-state index in [0.29, 0.717) is 0 Å². The van der Waals surface area contributed by atoms with Crippen LogP contribution in [0.5, 0.6) is 0 Å². The van der Waals surface area contributed by atoms with Gasteiger partial charge < -0.3 is 5.73 Å². The lowest BCUT2D eigenvalue weighted by Gasteiger charge is -2.12. The minimum Gasteiger partial charge on any atom is -0.398 e. The maximum Gasteiger partial charge on any atom is 0.244 e. The second-order valence-electron chi connectivity index (χ2n) is 4.43. The van der Waals surface area contributed by atoms with Gasteiger partial charge in [-0.05, 0) is 36.2 Å². The van der Waals surface area contributed by atoms with E-state index in [4.69, 9.17) is 28.9 Å². The zero-order chi connectivity index (χ0) is 15.6. The van der Waals surface area contributed by atoms with E-state index in [9.17, 15) is 8.42 Å². The van der Waals surface area contributed by atoms with Crippen LogP contribution in [0, 0.1) is 6.92 Å². The molecule has 21 heavy (non-hydrogen) atoms. The summed E-state index contributed by atoms with van der Waals surface area (Å²) in [5, 5.41) is 0.264. The number of aromatic nitrogens is 1. The second-order valence-corrected chi connectivity index (χ2v) is 6.98. The Labute approximate surface area is 133 Å². The molecule has 0 aliphatic carbocycles. The van der Waals surface area contributed by atoms with E-state index in [1.54, 1.807) is 18.5 Å². The minimum atomic E-state index is -3.84. The lowest BCUT2D eigenvalue weighted by atomic mass is 10.2. The molecule has 112 valence electrons. The number of hydrogen-bond donors (Lipinski definition) is 2. The standard InChI is InChI=1S/C13H13Cl2N3O2S/c1-8-6-17-3-2-9(8)7-18-21(19,20)13-11(15)4-10(14)5-12(13)16/h2-6,18H,7,16H2,1H3. The average Bonchev–Trinajstić information content (AvgIpc) is 2.36. The quantitative estimate of drug-likeness (QED) is 0.834. The molecule has 0 unspecified atom stereocenters. The molecule has 1 aromatic heterocycles. The predicted molar refractivity (Wildman–Crippen MR) is 83.9 cm³/mol. The van der Waals surface area contributed by atoms with Crippen molar-refractivity contribution in [2.45, 2.75) is 18.4 Å². The van der Waals surface area contributed by atoms with Gasteiger partial charge >= 0.3 is 0 Å². The van der Waals surface area contributed by atoms with Crippen LogP contribution in [0.15, 0.2) is 35.5 Å². The van der Waals surface area contributed by atoms with Gasteiger partial charge in [-0.3, -0.25) is 4.98 Å². The second kappa shape index (κ2) is 6.19. The Morgan fingerprint density at radius 3 is 2.67 bits per heavy atom. The number of hydrogen-bond acceptors (Lipinski definition) is 4. The number of pyridine rings is 1. The molecule has 8 heteroatoms. The van der Waals surface area contributed by atoms with Crippen LogP contribution >= 0.6 is 23.2 Å². The van der Waals surface area contributed by atoms with Crippen LogP contribution in [0.1, 0.15) is 11.1 Å². The normalized spacial score (nSPS) is 11.6. The molecule has 0 fully saturated rings. The van der Waals surface area contributed by atoms with Gasteiger partial charge in [0.15, 0.2) is 0 Å². The Hall–Kier alpha value is -1.34. The first kappa shape index (κ1) is 16.0. The highest BCUT2D eigenvalue weighted by atomic mass is 35.5. The number of nitrogen functional groups attached to an aromatic ring is 1. The molecule has 0 saturated heterocycles. The van der Waals surface area contributed by atoms with Gasteiger partial charge in [-0.1, -0.05) is 23.2 Å². The van der Waals surface area contributed by atoms with Gasteiger partial charge in [0.1, 0.15) is 4.90 Å². The van der Waals surface area contributed by atoms with Gasteiger partial charge in [0.25, 0.3) is 0 Å². The molecule has 3 N–H and O–H groups in total. The number of rotatable bonds is 4. The van der Waals surface area contributed by atoms with Gasteiger partial charge in [0.05, 0.1) is 10.7 Å². The summed E-state index contributed by atoms with van der Waals surface area (Å²) in [5.41, 5.74) is 7.42. The van der Waals surface area contributed by atoms with Gasteiger partial charge in [-0.2, -0.15) is 0 Å². The Balaban J connectivity index is 2.30. The fourth-order valence-corrected chi connectivity index (χ4v) is 3.80. The number of halogens is 2. The molecule has 0 atom stereocenters. The summed E-state index contributed by atoms with van der Waals surface area (Å²) in [4.78, 5) is 3.79. The van der Waals surface area contributed by atoms with Crippen molar-refractivity contribution in [2.24, 2.45) is 0 Å². The third-order valence-electron chi connectivity index (χ3n) is 2.89. The Morgan fingerprint density at radius 1 is 1.33 bits per heavy atom. The number of anilines is 1. The third-order valence-corrected chi connectivity index (χ3v) is 5.04. The molecule has 1 heterocycles. The molecule has 0 bridgehead atoms. The van der Waals surface area contributed by atoms with E-state index in [1.165, 1.54) is 12.1 Å².